The van der Waals surface area contributed by atoms with Gasteiger partial charge in [0.15, 0.2) is 0 Å². The summed E-state index contributed by atoms with van der Waals surface area (Å²) in [6.45, 7) is 0. The Morgan fingerprint density at radius 1 is 1.25 bits per heavy atom. The van der Waals surface area contributed by atoms with Crippen molar-refractivity contribution in [3.8, 4) is 0 Å². The second-order valence-electron chi connectivity index (χ2n) is 4.50. The van der Waals surface area contributed by atoms with E-state index in [0.29, 0.717) is 25.2 Å². The van der Waals surface area contributed by atoms with Crippen LogP contribution < -0.4 is 0 Å². The van der Waals surface area contributed by atoms with E-state index in [1.165, 1.54) is 18.2 Å². The minimum absolute atomic E-state index is 0.144. The van der Waals surface area contributed by atoms with Crippen LogP contribution in [0.25, 0.3) is 0 Å². The lowest BCUT2D eigenvalue weighted by Crippen LogP contribution is -2.09. The van der Waals surface area contributed by atoms with Crippen molar-refractivity contribution >= 4 is 0 Å². The molecule has 1 nitrogen and oxygen atoms in total. The zero-order chi connectivity index (χ0) is 11.5. The van der Waals surface area contributed by atoms with E-state index in [-0.39, 0.29) is 11.7 Å². The van der Waals surface area contributed by atoms with Gasteiger partial charge in [0, 0.05) is 5.56 Å². The number of aliphatic hydroxyl groups excluding tert-OH is 1. The maximum atomic E-state index is 13.2. The Labute approximate surface area is 94.1 Å². The van der Waals surface area contributed by atoms with Crippen molar-refractivity contribution in [1.29, 1.82) is 0 Å². The molecule has 0 amide bonds. The predicted octanol–water partition coefficient (Wildman–Crippen LogP) is 3.06. The third-order valence-electron chi connectivity index (χ3n) is 3.15. The molecule has 1 aromatic rings. The van der Waals surface area contributed by atoms with Gasteiger partial charge in [0.1, 0.15) is 11.6 Å². The fourth-order valence-electron chi connectivity index (χ4n) is 1.98. The normalized spacial score (nSPS) is 17.4. The van der Waals surface area contributed by atoms with Crippen molar-refractivity contribution in [2.75, 3.05) is 0 Å². The van der Waals surface area contributed by atoms with Crippen molar-refractivity contribution in [3.05, 3.63) is 35.4 Å². The van der Waals surface area contributed by atoms with Crippen LogP contribution in [0.4, 0.5) is 8.78 Å². The summed E-state index contributed by atoms with van der Waals surface area (Å²) < 4.78 is 26.5. The molecule has 0 aliphatic heterocycles. The lowest BCUT2D eigenvalue weighted by Gasteiger charge is -2.09. The van der Waals surface area contributed by atoms with Gasteiger partial charge >= 0.3 is 0 Å². The highest BCUT2D eigenvalue weighted by atomic mass is 19.1. The van der Waals surface area contributed by atoms with Crippen molar-refractivity contribution in [2.45, 2.75) is 38.2 Å². The first kappa shape index (κ1) is 11.5. The Hall–Kier alpha value is -0.960. The SMILES string of the molecule is OC(CCCc1c(F)cccc1F)C1CC1. The molecule has 0 aromatic heterocycles. The van der Waals surface area contributed by atoms with Crippen molar-refractivity contribution < 1.29 is 13.9 Å². The number of halogens is 2. The minimum Gasteiger partial charge on any atom is -0.393 e. The minimum atomic E-state index is -0.485. The van der Waals surface area contributed by atoms with Crippen molar-refractivity contribution in [3.63, 3.8) is 0 Å². The number of hydrogen-bond acceptors (Lipinski definition) is 1. The quantitative estimate of drug-likeness (QED) is 0.818. The van der Waals surface area contributed by atoms with Gasteiger partial charge in [-0.2, -0.15) is 0 Å². The predicted molar refractivity (Wildman–Crippen MR) is 58.0 cm³/mol. The summed E-state index contributed by atoms with van der Waals surface area (Å²) in [6, 6.07) is 3.92. The van der Waals surface area contributed by atoms with Gasteiger partial charge in [-0.3, -0.25) is 0 Å². The summed E-state index contributed by atoms with van der Waals surface area (Å²) in [4.78, 5) is 0. The summed E-state index contributed by atoms with van der Waals surface area (Å²) in [7, 11) is 0. The van der Waals surface area contributed by atoms with Gasteiger partial charge in [0.05, 0.1) is 6.10 Å². The van der Waals surface area contributed by atoms with E-state index in [0.717, 1.165) is 12.8 Å². The van der Waals surface area contributed by atoms with Gasteiger partial charge in [-0.25, -0.2) is 8.78 Å². The lowest BCUT2D eigenvalue weighted by molar-refractivity contribution is 0.139. The Morgan fingerprint density at radius 2 is 1.88 bits per heavy atom. The van der Waals surface area contributed by atoms with E-state index >= 15 is 0 Å². The molecule has 1 N–H and O–H groups in total. The third-order valence-corrected chi connectivity index (χ3v) is 3.15. The topological polar surface area (TPSA) is 20.2 Å². The third kappa shape index (κ3) is 2.79. The second-order valence-corrected chi connectivity index (χ2v) is 4.50. The van der Waals surface area contributed by atoms with E-state index < -0.39 is 11.6 Å². The molecular weight excluding hydrogens is 210 g/mol. The molecular formula is C13H16F2O. The fraction of sp³-hybridized carbons (Fsp3) is 0.538. The number of benzene rings is 1. The Balaban J connectivity index is 1.84. The number of aliphatic hydroxyl groups is 1. The summed E-state index contributed by atoms with van der Waals surface area (Å²) in [5.74, 6) is -0.535. The van der Waals surface area contributed by atoms with E-state index in [9.17, 15) is 13.9 Å². The summed E-state index contributed by atoms with van der Waals surface area (Å²) in [5.41, 5.74) is 0.144. The van der Waals surface area contributed by atoms with Crippen LogP contribution in [0, 0.1) is 17.6 Å². The van der Waals surface area contributed by atoms with Crippen LogP contribution in [-0.4, -0.2) is 11.2 Å². The second kappa shape index (κ2) is 4.91. The lowest BCUT2D eigenvalue weighted by atomic mass is 10.0. The molecule has 1 saturated carbocycles. The van der Waals surface area contributed by atoms with Gasteiger partial charge in [-0.1, -0.05) is 6.07 Å². The molecule has 2 rings (SSSR count). The maximum absolute atomic E-state index is 13.2. The molecule has 3 heteroatoms. The highest BCUT2D eigenvalue weighted by molar-refractivity contribution is 5.19. The van der Waals surface area contributed by atoms with Gasteiger partial charge < -0.3 is 5.11 Å². The molecule has 1 fully saturated rings. The summed E-state index contributed by atoms with van der Waals surface area (Å²) >= 11 is 0. The summed E-state index contributed by atoms with van der Waals surface area (Å²) in [5, 5.41) is 9.62. The first-order valence-electron chi connectivity index (χ1n) is 5.79. The zero-order valence-electron chi connectivity index (χ0n) is 9.13. The fourth-order valence-corrected chi connectivity index (χ4v) is 1.98. The molecule has 88 valence electrons. The zero-order valence-corrected chi connectivity index (χ0v) is 9.13. The van der Waals surface area contributed by atoms with E-state index in [1.807, 2.05) is 0 Å². The monoisotopic (exact) mass is 226 g/mol. The van der Waals surface area contributed by atoms with Gasteiger partial charge in [-0.05, 0) is 50.2 Å². The summed E-state index contributed by atoms with van der Waals surface area (Å²) in [6.07, 6.45) is 3.54. The van der Waals surface area contributed by atoms with Crippen LogP contribution in [0.15, 0.2) is 18.2 Å². The van der Waals surface area contributed by atoms with Crippen LogP contribution in [0.1, 0.15) is 31.2 Å². The smallest absolute Gasteiger partial charge is 0.129 e. The van der Waals surface area contributed by atoms with Crippen LogP contribution >= 0.6 is 0 Å². The standard InChI is InChI=1S/C13H16F2O/c14-11-4-2-5-12(15)10(11)3-1-6-13(16)9-7-8-9/h2,4-5,9,13,16H,1,3,6-8H2. The largest absolute Gasteiger partial charge is 0.393 e. The molecule has 1 aliphatic rings. The first-order chi connectivity index (χ1) is 7.68. The molecule has 16 heavy (non-hydrogen) atoms. The number of hydrogen-bond donors (Lipinski definition) is 1. The highest BCUT2D eigenvalue weighted by Gasteiger charge is 2.29. The average Bonchev–Trinajstić information content (AvgIpc) is 3.05. The average molecular weight is 226 g/mol. The molecule has 0 radical (unpaired) electrons. The van der Waals surface area contributed by atoms with Crippen LogP contribution in [0.5, 0.6) is 0 Å². The van der Waals surface area contributed by atoms with Crippen molar-refractivity contribution in [2.24, 2.45) is 5.92 Å². The molecule has 0 spiro atoms. The Bertz CT molecular complexity index is 341. The van der Waals surface area contributed by atoms with Gasteiger partial charge in [0.25, 0.3) is 0 Å². The molecule has 0 saturated heterocycles. The Kier molecular flexibility index (Phi) is 3.54. The Morgan fingerprint density at radius 3 is 2.44 bits per heavy atom. The molecule has 1 aliphatic carbocycles. The molecule has 1 aromatic carbocycles. The molecule has 1 atom stereocenters. The maximum Gasteiger partial charge on any atom is 0.129 e. The van der Waals surface area contributed by atoms with Gasteiger partial charge in [-0.15, -0.1) is 0 Å². The van der Waals surface area contributed by atoms with Crippen LogP contribution in [0.3, 0.4) is 0 Å². The first-order valence-corrected chi connectivity index (χ1v) is 5.79. The highest BCUT2D eigenvalue weighted by Crippen LogP contribution is 2.34. The van der Waals surface area contributed by atoms with E-state index in [2.05, 4.69) is 0 Å². The molecule has 0 heterocycles. The van der Waals surface area contributed by atoms with Crippen LogP contribution in [-0.2, 0) is 6.42 Å². The number of rotatable bonds is 5. The van der Waals surface area contributed by atoms with Gasteiger partial charge in [0.2, 0.25) is 0 Å². The molecule has 0 bridgehead atoms. The van der Waals surface area contributed by atoms with E-state index in [4.69, 9.17) is 0 Å². The molecule has 1 unspecified atom stereocenters. The van der Waals surface area contributed by atoms with E-state index in [1.54, 1.807) is 0 Å². The van der Waals surface area contributed by atoms with Crippen LogP contribution in [0.2, 0.25) is 0 Å². The van der Waals surface area contributed by atoms with Crippen molar-refractivity contribution in [1.82, 2.24) is 0 Å².